The Morgan fingerprint density at radius 2 is 0.935 bits per heavy atom. The number of carboxylic acid groups (broad SMARTS) is 3. The number of carboxylic acids is 3. The molecule has 0 aliphatic heterocycles. The number of esters is 3. The quantitative estimate of drug-likeness (QED) is 0.198. The third-order valence-corrected chi connectivity index (χ3v) is 3.61. The Morgan fingerprint density at radius 3 is 1.23 bits per heavy atom. The number of carbonyl (C=O) groups is 6. The summed E-state index contributed by atoms with van der Waals surface area (Å²) in [6, 6.07) is 0. The maximum atomic E-state index is 12.4. The molecule has 0 aromatic carbocycles. The summed E-state index contributed by atoms with van der Waals surface area (Å²) in [5, 5.41) is 36.7. The predicted molar refractivity (Wildman–Crippen MR) is 97.6 cm³/mol. The van der Waals surface area contributed by atoms with Gasteiger partial charge in [-0.1, -0.05) is 0 Å². The summed E-state index contributed by atoms with van der Waals surface area (Å²) in [5.74, 6) is -7.82. The van der Waals surface area contributed by atoms with Crippen molar-refractivity contribution in [3.63, 3.8) is 0 Å². The van der Waals surface area contributed by atoms with E-state index in [0.717, 1.165) is 0 Å². The first kappa shape index (κ1) is 27.8. The first-order valence-corrected chi connectivity index (χ1v) is 9.12. The van der Waals surface area contributed by atoms with E-state index in [-0.39, 0.29) is 0 Å². The fourth-order valence-electron chi connectivity index (χ4n) is 2.37. The number of rotatable bonds is 14. The number of aliphatic hydroxyl groups is 1. The molecule has 0 rings (SSSR count). The van der Waals surface area contributed by atoms with Crippen molar-refractivity contribution in [1.82, 2.24) is 0 Å². The largest absolute Gasteiger partial charge is 0.481 e. The highest BCUT2D eigenvalue weighted by Crippen LogP contribution is 2.22. The molecule has 0 bridgehead atoms. The lowest BCUT2D eigenvalue weighted by molar-refractivity contribution is -0.184. The van der Waals surface area contributed by atoms with Gasteiger partial charge in [0.1, 0.15) is 18.3 Å². The fourth-order valence-corrected chi connectivity index (χ4v) is 2.37. The molecule has 0 aromatic heterocycles. The van der Waals surface area contributed by atoms with Gasteiger partial charge in [0.05, 0.1) is 32.1 Å². The van der Waals surface area contributed by atoms with E-state index in [0.29, 0.717) is 0 Å². The van der Waals surface area contributed by atoms with Crippen molar-refractivity contribution in [2.75, 3.05) is 0 Å². The molecule has 0 spiro atoms. The van der Waals surface area contributed by atoms with Crippen molar-refractivity contribution in [2.24, 2.45) is 0 Å². The molecule has 13 heteroatoms. The van der Waals surface area contributed by atoms with E-state index in [1.807, 2.05) is 0 Å². The van der Waals surface area contributed by atoms with Crippen LogP contribution >= 0.6 is 0 Å². The summed E-state index contributed by atoms with van der Waals surface area (Å²) >= 11 is 0. The molecule has 0 saturated carbocycles. The highest BCUT2D eigenvalue weighted by atomic mass is 16.6. The Bertz CT molecular complexity index is 661. The smallest absolute Gasteiger partial charge is 0.339 e. The molecule has 4 N–H and O–H groups in total. The van der Waals surface area contributed by atoms with Gasteiger partial charge in [-0.2, -0.15) is 0 Å². The average molecular weight is 450 g/mol. The topological polar surface area (TPSA) is 211 Å². The van der Waals surface area contributed by atoms with Crippen molar-refractivity contribution in [3.8, 4) is 0 Å². The molecule has 0 amide bonds. The van der Waals surface area contributed by atoms with Gasteiger partial charge in [-0.05, 0) is 20.8 Å². The van der Waals surface area contributed by atoms with Gasteiger partial charge in [0, 0.05) is 0 Å². The van der Waals surface area contributed by atoms with E-state index >= 15 is 0 Å². The van der Waals surface area contributed by atoms with E-state index < -0.39 is 91.8 Å². The zero-order valence-corrected chi connectivity index (χ0v) is 17.2. The van der Waals surface area contributed by atoms with Crippen molar-refractivity contribution in [2.45, 2.75) is 76.8 Å². The molecule has 176 valence electrons. The fraction of sp³-hybridized carbons (Fsp3) is 0.667. The SMILES string of the molecule is CC(CC(=O)O)OC(=O)CC(O)(CC(=O)OC(C)CC(=O)O)C(=O)OC(C)CC(=O)O. The van der Waals surface area contributed by atoms with Crippen LogP contribution in [-0.2, 0) is 43.0 Å². The number of hydrogen-bond donors (Lipinski definition) is 4. The Labute approximate surface area is 176 Å². The Morgan fingerprint density at radius 1 is 0.645 bits per heavy atom. The lowest BCUT2D eigenvalue weighted by atomic mass is 9.95. The van der Waals surface area contributed by atoms with Crippen LogP contribution in [0.3, 0.4) is 0 Å². The van der Waals surface area contributed by atoms with Crippen LogP contribution in [0.1, 0.15) is 52.9 Å². The Balaban J connectivity index is 5.38. The van der Waals surface area contributed by atoms with E-state index in [1.54, 1.807) is 0 Å². The second-order valence-electron chi connectivity index (χ2n) is 7.00. The molecular weight excluding hydrogens is 424 g/mol. The molecule has 3 unspecified atom stereocenters. The summed E-state index contributed by atoms with van der Waals surface area (Å²) in [5.41, 5.74) is -2.83. The van der Waals surface area contributed by atoms with E-state index in [4.69, 9.17) is 29.5 Å². The van der Waals surface area contributed by atoms with Crippen LogP contribution in [0.15, 0.2) is 0 Å². The monoisotopic (exact) mass is 450 g/mol. The summed E-state index contributed by atoms with van der Waals surface area (Å²) in [6.45, 7) is 3.70. The Hall–Kier alpha value is -3.22. The summed E-state index contributed by atoms with van der Waals surface area (Å²) in [7, 11) is 0. The van der Waals surface area contributed by atoms with Gasteiger partial charge in [0.2, 0.25) is 0 Å². The first-order chi connectivity index (χ1) is 14.1. The number of hydrogen-bond acceptors (Lipinski definition) is 10. The van der Waals surface area contributed by atoms with E-state index in [2.05, 4.69) is 0 Å². The third kappa shape index (κ3) is 12.2. The number of ether oxygens (including phenoxy) is 3. The van der Waals surface area contributed by atoms with Gasteiger partial charge >= 0.3 is 35.8 Å². The summed E-state index contributed by atoms with van der Waals surface area (Å²) in [4.78, 5) is 68.5. The zero-order chi connectivity index (χ0) is 24.4. The zero-order valence-electron chi connectivity index (χ0n) is 17.2. The number of aliphatic carboxylic acids is 3. The molecule has 13 nitrogen and oxygen atoms in total. The maximum Gasteiger partial charge on any atom is 0.339 e. The molecule has 3 atom stereocenters. The van der Waals surface area contributed by atoms with Crippen LogP contribution in [0, 0.1) is 0 Å². The molecule has 31 heavy (non-hydrogen) atoms. The molecule has 0 saturated heterocycles. The minimum atomic E-state index is -2.83. The second kappa shape index (κ2) is 12.5. The third-order valence-electron chi connectivity index (χ3n) is 3.61. The highest BCUT2D eigenvalue weighted by Gasteiger charge is 2.44. The first-order valence-electron chi connectivity index (χ1n) is 9.12. The van der Waals surface area contributed by atoms with Crippen LogP contribution < -0.4 is 0 Å². The van der Waals surface area contributed by atoms with Gasteiger partial charge in [-0.25, -0.2) is 4.79 Å². The lowest BCUT2D eigenvalue weighted by Gasteiger charge is -2.27. The maximum absolute atomic E-state index is 12.4. The van der Waals surface area contributed by atoms with Crippen molar-refractivity contribution < 1.29 is 63.4 Å². The molecular formula is C18H26O13. The minimum Gasteiger partial charge on any atom is -0.481 e. The van der Waals surface area contributed by atoms with Gasteiger partial charge in [-0.15, -0.1) is 0 Å². The standard InChI is InChI=1S/C18H26O13/c1-9(4-12(19)20)29-15(25)7-18(28,17(27)31-11(3)6-14(23)24)8-16(26)30-10(2)5-13(21)22/h9-11,28H,4-8H2,1-3H3,(H,19,20)(H,21,22)(H,23,24). The normalized spacial score (nSPS) is 15.5. The van der Waals surface area contributed by atoms with E-state index in [9.17, 15) is 33.9 Å². The summed E-state index contributed by atoms with van der Waals surface area (Å²) in [6.07, 6.45) is -7.44. The van der Waals surface area contributed by atoms with Gasteiger partial charge < -0.3 is 34.6 Å². The van der Waals surface area contributed by atoms with Crippen LogP contribution in [-0.4, -0.2) is 80.2 Å². The van der Waals surface area contributed by atoms with Crippen molar-refractivity contribution in [1.29, 1.82) is 0 Å². The van der Waals surface area contributed by atoms with Gasteiger partial charge in [0.15, 0.2) is 5.60 Å². The van der Waals surface area contributed by atoms with Gasteiger partial charge in [0.25, 0.3) is 0 Å². The molecule has 0 radical (unpaired) electrons. The molecule has 0 heterocycles. The lowest BCUT2D eigenvalue weighted by Crippen LogP contribution is -2.46. The molecule has 0 aliphatic carbocycles. The average Bonchev–Trinajstić information content (AvgIpc) is 2.50. The van der Waals surface area contributed by atoms with Crippen molar-refractivity contribution in [3.05, 3.63) is 0 Å². The summed E-state index contributed by atoms with van der Waals surface area (Å²) < 4.78 is 14.4. The van der Waals surface area contributed by atoms with Gasteiger partial charge in [-0.3, -0.25) is 24.0 Å². The van der Waals surface area contributed by atoms with Crippen LogP contribution in [0.25, 0.3) is 0 Å². The minimum absolute atomic E-state index is 0.557. The number of carbonyl (C=O) groups excluding carboxylic acids is 3. The molecule has 0 fully saturated rings. The van der Waals surface area contributed by atoms with Crippen molar-refractivity contribution >= 4 is 35.8 Å². The predicted octanol–water partition coefficient (Wildman–Crippen LogP) is -0.283. The van der Waals surface area contributed by atoms with Crippen LogP contribution in [0.5, 0.6) is 0 Å². The Kier molecular flexibility index (Phi) is 11.2. The molecule has 0 aliphatic rings. The van der Waals surface area contributed by atoms with E-state index in [1.165, 1.54) is 20.8 Å². The van der Waals surface area contributed by atoms with Crippen LogP contribution in [0.2, 0.25) is 0 Å². The second-order valence-corrected chi connectivity index (χ2v) is 7.00. The highest BCUT2D eigenvalue weighted by molar-refractivity contribution is 5.90. The van der Waals surface area contributed by atoms with Crippen LogP contribution in [0.4, 0.5) is 0 Å². The molecule has 0 aromatic rings.